The lowest BCUT2D eigenvalue weighted by Crippen LogP contribution is -2.14. The van der Waals surface area contributed by atoms with Crippen molar-refractivity contribution in [3.05, 3.63) is 90.3 Å². The van der Waals surface area contributed by atoms with Crippen molar-refractivity contribution in [2.24, 2.45) is 0 Å². The van der Waals surface area contributed by atoms with Gasteiger partial charge in [-0.2, -0.15) is 0 Å². The minimum Gasteiger partial charge on any atom is -0.495 e. The third-order valence-corrected chi connectivity index (χ3v) is 3.52. The van der Waals surface area contributed by atoms with Crippen LogP contribution >= 0.6 is 0 Å². The second-order valence-corrected chi connectivity index (χ2v) is 4.94. The van der Waals surface area contributed by atoms with Crippen LogP contribution in [0.3, 0.4) is 0 Å². The summed E-state index contributed by atoms with van der Waals surface area (Å²) in [4.78, 5) is 4.50. The molecule has 3 aromatic rings. The van der Waals surface area contributed by atoms with E-state index in [2.05, 4.69) is 22.4 Å². The molecule has 1 heterocycles. The lowest BCUT2D eigenvalue weighted by molar-refractivity contribution is 0.416. The van der Waals surface area contributed by atoms with E-state index in [9.17, 15) is 0 Å². The smallest absolute Gasteiger partial charge is 0.141 e. The molecule has 1 unspecified atom stereocenters. The van der Waals surface area contributed by atoms with Gasteiger partial charge in [0.05, 0.1) is 24.5 Å². The van der Waals surface area contributed by atoms with E-state index in [1.165, 1.54) is 0 Å². The van der Waals surface area contributed by atoms with Gasteiger partial charge in [0.15, 0.2) is 0 Å². The summed E-state index contributed by atoms with van der Waals surface area (Å²) >= 11 is 0. The molecule has 0 radical (unpaired) electrons. The molecule has 1 N–H and O–H groups in total. The SMILES string of the molecule is COc1ccccc1NC(c1ccccc1)c1ccccn1. The zero-order valence-electron chi connectivity index (χ0n) is 12.4. The van der Waals surface area contributed by atoms with Crippen molar-refractivity contribution in [3.63, 3.8) is 0 Å². The highest BCUT2D eigenvalue weighted by atomic mass is 16.5. The van der Waals surface area contributed by atoms with Crippen molar-refractivity contribution in [3.8, 4) is 5.75 Å². The number of hydrogen-bond donors (Lipinski definition) is 1. The number of rotatable bonds is 5. The summed E-state index contributed by atoms with van der Waals surface area (Å²) in [6.07, 6.45) is 1.81. The number of ether oxygens (including phenoxy) is 1. The van der Waals surface area contributed by atoms with Crippen LogP contribution in [-0.4, -0.2) is 12.1 Å². The van der Waals surface area contributed by atoms with E-state index >= 15 is 0 Å². The van der Waals surface area contributed by atoms with E-state index in [0.29, 0.717) is 0 Å². The number of para-hydroxylation sites is 2. The Hall–Kier alpha value is -2.81. The molecule has 110 valence electrons. The van der Waals surface area contributed by atoms with Gasteiger partial charge < -0.3 is 10.1 Å². The van der Waals surface area contributed by atoms with E-state index < -0.39 is 0 Å². The van der Waals surface area contributed by atoms with Crippen LogP contribution in [0.25, 0.3) is 0 Å². The Bertz CT molecular complexity index is 674. The van der Waals surface area contributed by atoms with Gasteiger partial charge in [0.2, 0.25) is 0 Å². The monoisotopic (exact) mass is 290 g/mol. The molecular formula is C19H18N2O. The molecule has 0 aliphatic carbocycles. The topological polar surface area (TPSA) is 34.1 Å². The Kier molecular flexibility index (Phi) is 4.35. The summed E-state index contributed by atoms with van der Waals surface area (Å²) in [5.74, 6) is 0.819. The lowest BCUT2D eigenvalue weighted by Gasteiger charge is -2.21. The molecule has 0 bridgehead atoms. The van der Waals surface area contributed by atoms with E-state index in [-0.39, 0.29) is 6.04 Å². The van der Waals surface area contributed by atoms with Crippen LogP contribution in [0.4, 0.5) is 5.69 Å². The second kappa shape index (κ2) is 6.76. The summed E-state index contributed by atoms with van der Waals surface area (Å²) < 4.78 is 5.44. The van der Waals surface area contributed by atoms with Gasteiger partial charge in [0.1, 0.15) is 5.75 Å². The first-order valence-corrected chi connectivity index (χ1v) is 7.24. The number of nitrogens with one attached hydrogen (secondary N) is 1. The standard InChI is InChI=1S/C19H18N2O/c1-22-18-13-6-5-11-16(18)21-19(15-9-3-2-4-10-15)17-12-7-8-14-20-17/h2-14,19,21H,1H3. The molecule has 2 aromatic carbocycles. The normalized spacial score (nSPS) is 11.7. The molecule has 0 saturated heterocycles. The van der Waals surface area contributed by atoms with Gasteiger partial charge in [-0.05, 0) is 29.8 Å². The highest BCUT2D eigenvalue weighted by Crippen LogP contribution is 2.30. The van der Waals surface area contributed by atoms with Crippen LogP contribution in [0.1, 0.15) is 17.3 Å². The van der Waals surface area contributed by atoms with Crippen LogP contribution in [0.2, 0.25) is 0 Å². The van der Waals surface area contributed by atoms with Gasteiger partial charge in [0.25, 0.3) is 0 Å². The van der Waals surface area contributed by atoms with Gasteiger partial charge >= 0.3 is 0 Å². The lowest BCUT2D eigenvalue weighted by atomic mass is 10.0. The minimum atomic E-state index is -0.0290. The van der Waals surface area contributed by atoms with Crippen LogP contribution in [0.15, 0.2) is 79.0 Å². The van der Waals surface area contributed by atoms with E-state index in [4.69, 9.17) is 4.74 Å². The predicted octanol–water partition coefficient (Wildman–Crippen LogP) is 4.29. The second-order valence-electron chi connectivity index (χ2n) is 4.94. The number of benzene rings is 2. The Morgan fingerprint density at radius 2 is 1.59 bits per heavy atom. The zero-order valence-corrected chi connectivity index (χ0v) is 12.4. The van der Waals surface area contributed by atoms with Crippen molar-refractivity contribution < 1.29 is 4.74 Å². The molecule has 0 fully saturated rings. The minimum absolute atomic E-state index is 0.0290. The van der Waals surface area contributed by atoms with Gasteiger partial charge in [-0.3, -0.25) is 4.98 Å². The van der Waals surface area contributed by atoms with Crippen LogP contribution in [0.5, 0.6) is 5.75 Å². The van der Waals surface area contributed by atoms with Crippen molar-refractivity contribution in [2.75, 3.05) is 12.4 Å². The number of aromatic nitrogens is 1. The summed E-state index contributed by atoms with van der Waals surface area (Å²) in [6.45, 7) is 0. The fourth-order valence-electron chi connectivity index (χ4n) is 2.44. The quantitative estimate of drug-likeness (QED) is 0.761. The first-order chi connectivity index (χ1) is 10.9. The average molecular weight is 290 g/mol. The number of nitrogens with zero attached hydrogens (tertiary/aromatic N) is 1. The number of anilines is 1. The molecule has 0 spiro atoms. The predicted molar refractivity (Wildman–Crippen MR) is 89.1 cm³/mol. The molecule has 0 amide bonds. The highest BCUT2D eigenvalue weighted by molar-refractivity contribution is 5.58. The third kappa shape index (κ3) is 3.09. The molecule has 1 aromatic heterocycles. The van der Waals surface area contributed by atoms with E-state index in [0.717, 1.165) is 22.7 Å². The van der Waals surface area contributed by atoms with E-state index in [1.54, 1.807) is 7.11 Å². The molecule has 3 rings (SSSR count). The number of hydrogen-bond acceptors (Lipinski definition) is 3. The molecular weight excluding hydrogens is 272 g/mol. The molecule has 3 heteroatoms. The van der Waals surface area contributed by atoms with Gasteiger partial charge in [0, 0.05) is 6.20 Å². The van der Waals surface area contributed by atoms with Crippen LogP contribution in [0, 0.1) is 0 Å². The summed E-state index contributed by atoms with van der Waals surface area (Å²) in [5.41, 5.74) is 3.08. The maximum Gasteiger partial charge on any atom is 0.141 e. The van der Waals surface area contributed by atoms with Crippen molar-refractivity contribution in [2.45, 2.75) is 6.04 Å². The Morgan fingerprint density at radius 1 is 0.864 bits per heavy atom. The fraction of sp³-hybridized carbons (Fsp3) is 0.105. The van der Waals surface area contributed by atoms with Gasteiger partial charge in [-0.25, -0.2) is 0 Å². The van der Waals surface area contributed by atoms with Gasteiger partial charge in [-0.1, -0.05) is 48.5 Å². The van der Waals surface area contributed by atoms with Crippen LogP contribution in [-0.2, 0) is 0 Å². The summed E-state index contributed by atoms with van der Waals surface area (Å²) in [6, 6.07) is 24.1. The average Bonchev–Trinajstić information content (AvgIpc) is 2.61. The van der Waals surface area contributed by atoms with Crippen LogP contribution < -0.4 is 10.1 Å². The summed E-state index contributed by atoms with van der Waals surface area (Å²) in [5, 5.41) is 3.54. The zero-order chi connectivity index (χ0) is 15.2. The maximum atomic E-state index is 5.44. The Morgan fingerprint density at radius 3 is 2.32 bits per heavy atom. The molecule has 0 aliphatic rings. The Labute approximate surface area is 130 Å². The molecule has 1 atom stereocenters. The first kappa shape index (κ1) is 14.1. The Balaban J connectivity index is 1.99. The first-order valence-electron chi connectivity index (χ1n) is 7.24. The number of methoxy groups -OCH3 is 1. The summed E-state index contributed by atoms with van der Waals surface area (Å²) in [7, 11) is 1.68. The van der Waals surface area contributed by atoms with E-state index in [1.807, 2.05) is 66.9 Å². The highest BCUT2D eigenvalue weighted by Gasteiger charge is 2.16. The maximum absolute atomic E-state index is 5.44. The largest absolute Gasteiger partial charge is 0.495 e. The molecule has 0 saturated carbocycles. The van der Waals surface area contributed by atoms with Crippen molar-refractivity contribution >= 4 is 5.69 Å². The van der Waals surface area contributed by atoms with Gasteiger partial charge in [-0.15, -0.1) is 0 Å². The van der Waals surface area contributed by atoms with Crippen molar-refractivity contribution in [1.29, 1.82) is 0 Å². The third-order valence-electron chi connectivity index (χ3n) is 3.52. The molecule has 3 nitrogen and oxygen atoms in total. The molecule has 0 aliphatic heterocycles. The fourth-order valence-corrected chi connectivity index (χ4v) is 2.44. The van der Waals surface area contributed by atoms with Crippen molar-refractivity contribution in [1.82, 2.24) is 4.98 Å². The molecule has 22 heavy (non-hydrogen) atoms. The number of pyridine rings is 1.